The van der Waals surface area contributed by atoms with Gasteiger partial charge in [-0.3, -0.25) is 14.2 Å². The molecule has 0 spiro atoms. The van der Waals surface area contributed by atoms with Crippen LogP contribution in [0.3, 0.4) is 0 Å². The third-order valence-electron chi connectivity index (χ3n) is 5.35. The number of amides is 3. The Morgan fingerprint density at radius 3 is 2.43 bits per heavy atom. The molecule has 1 saturated heterocycles. The molecule has 0 radical (unpaired) electrons. The van der Waals surface area contributed by atoms with Gasteiger partial charge in [0.2, 0.25) is 5.91 Å². The maximum absolute atomic E-state index is 13.1. The Bertz CT molecular complexity index is 1070. The molecule has 2 aromatic rings. The van der Waals surface area contributed by atoms with E-state index in [0.717, 1.165) is 18.4 Å². The number of hydrogen-bond donors (Lipinski definition) is 3. The summed E-state index contributed by atoms with van der Waals surface area (Å²) in [6.45, 7) is 3.07. The van der Waals surface area contributed by atoms with Crippen molar-refractivity contribution in [2.75, 3.05) is 38.9 Å². The van der Waals surface area contributed by atoms with Crippen LogP contribution in [0.4, 0.5) is 4.79 Å². The number of aromatic nitrogens is 1. The van der Waals surface area contributed by atoms with E-state index in [2.05, 4.69) is 10.3 Å². The molecule has 0 saturated carbocycles. The fourth-order valence-corrected chi connectivity index (χ4v) is 5.00. The Morgan fingerprint density at radius 2 is 1.80 bits per heavy atom. The van der Waals surface area contributed by atoms with Crippen molar-refractivity contribution >= 4 is 36.8 Å². The van der Waals surface area contributed by atoms with Gasteiger partial charge in [-0.15, -0.1) is 11.3 Å². The standard InChI is InChI=1S/C22H29N4O7PS/c1-2-3-13-33-22(29)26-11-9-25(10-12-26)21(28)17(14-34(30,31)32)23-19(27)18-15-35-20(24-18)16-7-5-4-6-8-16/h4-8,15,17H,2-3,9-14H2,1H3,(H,23,27)(H2,30,31,32)/t17-/m0/s1. The van der Waals surface area contributed by atoms with Crippen LogP contribution in [0.2, 0.25) is 0 Å². The fourth-order valence-electron chi connectivity index (χ4n) is 3.47. The van der Waals surface area contributed by atoms with Crippen LogP contribution in [0, 0.1) is 0 Å². The summed E-state index contributed by atoms with van der Waals surface area (Å²) in [5, 5.41) is 4.57. The molecule has 0 unspecified atom stereocenters. The SMILES string of the molecule is CCCCOC(=O)N1CCN(C(=O)[C@H](CP(=O)(O)O)NC(=O)c2csc(-c3ccccc3)n2)CC1. The highest BCUT2D eigenvalue weighted by Crippen LogP contribution is 2.35. The molecule has 1 fully saturated rings. The minimum absolute atomic E-state index is 0.0528. The molecule has 1 atom stereocenters. The van der Waals surface area contributed by atoms with E-state index in [0.29, 0.717) is 11.6 Å². The van der Waals surface area contributed by atoms with E-state index in [4.69, 9.17) is 4.74 Å². The number of carbonyl (C=O) groups excluding carboxylic acids is 3. The second kappa shape index (κ2) is 12.3. The second-order valence-electron chi connectivity index (χ2n) is 8.06. The van der Waals surface area contributed by atoms with Crippen molar-refractivity contribution in [3.05, 3.63) is 41.4 Å². The summed E-state index contributed by atoms with van der Waals surface area (Å²) >= 11 is 1.25. The number of piperazine rings is 1. The highest BCUT2D eigenvalue weighted by Gasteiger charge is 2.35. The normalized spacial score (nSPS) is 14.9. The Balaban J connectivity index is 1.63. The molecule has 190 valence electrons. The van der Waals surface area contributed by atoms with Gasteiger partial charge in [0.25, 0.3) is 5.91 Å². The van der Waals surface area contributed by atoms with Gasteiger partial charge in [-0.05, 0) is 6.42 Å². The van der Waals surface area contributed by atoms with Crippen LogP contribution in [-0.2, 0) is 14.1 Å². The lowest BCUT2D eigenvalue weighted by molar-refractivity contribution is -0.134. The van der Waals surface area contributed by atoms with Gasteiger partial charge in [-0.25, -0.2) is 9.78 Å². The summed E-state index contributed by atoms with van der Waals surface area (Å²) in [6.07, 6.45) is 0.367. The highest BCUT2D eigenvalue weighted by molar-refractivity contribution is 7.51. The van der Waals surface area contributed by atoms with Crippen LogP contribution in [0.15, 0.2) is 35.7 Å². The molecule has 13 heteroatoms. The molecular weight excluding hydrogens is 495 g/mol. The summed E-state index contributed by atoms with van der Waals surface area (Å²) < 4.78 is 16.9. The molecule has 0 bridgehead atoms. The Labute approximate surface area is 207 Å². The van der Waals surface area contributed by atoms with Crippen LogP contribution in [0.1, 0.15) is 30.3 Å². The zero-order valence-electron chi connectivity index (χ0n) is 19.3. The number of rotatable bonds is 9. The zero-order valence-corrected chi connectivity index (χ0v) is 21.0. The van der Waals surface area contributed by atoms with Gasteiger partial charge in [-0.1, -0.05) is 43.7 Å². The third kappa shape index (κ3) is 7.86. The predicted octanol–water partition coefficient (Wildman–Crippen LogP) is 2.17. The van der Waals surface area contributed by atoms with Crippen LogP contribution in [0.5, 0.6) is 0 Å². The average Bonchev–Trinajstić information content (AvgIpc) is 3.34. The summed E-state index contributed by atoms with van der Waals surface area (Å²) in [6, 6.07) is 7.80. The predicted molar refractivity (Wildman–Crippen MR) is 130 cm³/mol. The van der Waals surface area contributed by atoms with Crippen molar-refractivity contribution < 1.29 is 33.5 Å². The average molecular weight is 525 g/mol. The summed E-state index contributed by atoms with van der Waals surface area (Å²) in [7, 11) is -4.63. The molecular formula is C22H29N4O7PS. The molecule has 35 heavy (non-hydrogen) atoms. The fraction of sp³-hybridized carbons (Fsp3) is 0.455. The molecule has 1 aromatic heterocycles. The van der Waals surface area contributed by atoms with Crippen LogP contribution in [-0.4, -0.2) is 87.5 Å². The number of nitrogens with one attached hydrogen (secondary N) is 1. The highest BCUT2D eigenvalue weighted by atomic mass is 32.1. The van der Waals surface area contributed by atoms with Crippen molar-refractivity contribution in [3.8, 4) is 10.6 Å². The van der Waals surface area contributed by atoms with Gasteiger partial charge in [0, 0.05) is 37.1 Å². The lowest BCUT2D eigenvalue weighted by atomic mass is 10.2. The van der Waals surface area contributed by atoms with Gasteiger partial charge >= 0.3 is 13.7 Å². The van der Waals surface area contributed by atoms with Crippen molar-refractivity contribution in [1.82, 2.24) is 20.1 Å². The Hall–Kier alpha value is -2.79. The van der Waals surface area contributed by atoms with Crippen molar-refractivity contribution in [2.45, 2.75) is 25.8 Å². The summed E-state index contributed by atoms with van der Waals surface area (Å²) in [5.41, 5.74) is 0.877. The zero-order chi connectivity index (χ0) is 25.4. The molecule has 3 amide bonds. The first-order valence-electron chi connectivity index (χ1n) is 11.2. The quantitative estimate of drug-likeness (QED) is 0.334. The molecule has 1 aliphatic rings. The van der Waals surface area contributed by atoms with E-state index >= 15 is 0 Å². The molecule has 11 nitrogen and oxygen atoms in total. The Kier molecular flexibility index (Phi) is 9.39. The first-order chi connectivity index (χ1) is 16.7. The maximum atomic E-state index is 13.1. The summed E-state index contributed by atoms with van der Waals surface area (Å²) in [4.78, 5) is 64.1. The molecule has 3 N–H and O–H groups in total. The lowest BCUT2D eigenvalue weighted by Crippen LogP contribution is -2.56. The monoisotopic (exact) mass is 524 g/mol. The smallest absolute Gasteiger partial charge is 0.409 e. The Morgan fingerprint density at radius 1 is 1.14 bits per heavy atom. The first-order valence-corrected chi connectivity index (χ1v) is 13.9. The third-order valence-corrected chi connectivity index (χ3v) is 7.09. The number of nitrogens with zero attached hydrogens (tertiary/aromatic N) is 3. The molecule has 1 aliphatic heterocycles. The molecule has 2 heterocycles. The van der Waals surface area contributed by atoms with E-state index in [1.54, 1.807) is 0 Å². The minimum atomic E-state index is -4.63. The van der Waals surface area contributed by atoms with E-state index in [9.17, 15) is 28.7 Å². The van der Waals surface area contributed by atoms with Gasteiger partial charge in [0.15, 0.2) is 0 Å². The first kappa shape index (κ1) is 26.8. The van der Waals surface area contributed by atoms with E-state index in [1.165, 1.54) is 26.5 Å². The van der Waals surface area contributed by atoms with E-state index < -0.39 is 37.7 Å². The lowest BCUT2D eigenvalue weighted by Gasteiger charge is -2.36. The topological polar surface area (TPSA) is 149 Å². The minimum Gasteiger partial charge on any atom is -0.449 e. The number of hydrogen-bond acceptors (Lipinski definition) is 7. The van der Waals surface area contributed by atoms with Crippen molar-refractivity contribution in [1.29, 1.82) is 0 Å². The van der Waals surface area contributed by atoms with Gasteiger partial charge in [-0.2, -0.15) is 0 Å². The van der Waals surface area contributed by atoms with Crippen molar-refractivity contribution in [2.24, 2.45) is 0 Å². The number of benzene rings is 1. The molecule has 0 aliphatic carbocycles. The number of ether oxygens (including phenoxy) is 1. The largest absolute Gasteiger partial charge is 0.449 e. The number of unbranched alkanes of at least 4 members (excludes halogenated alkanes) is 1. The van der Waals surface area contributed by atoms with Gasteiger partial charge in [0.1, 0.15) is 16.7 Å². The van der Waals surface area contributed by atoms with E-state index in [-0.39, 0.29) is 31.9 Å². The van der Waals surface area contributed by atoms with Crippen LogP contribution < -0.4 is 5.32 Å². The van der Waals surface area contributed by atoms with Crippen LogP contribution >= 0.6 is 18.9 Å². The number of carbonyl (C=O) groups is 3. The number of thiazole rings is 1. The molecule has 1 aromatic carbocycles. The second-order valence-corrected chi connectivity index (χ2v) is 10.6. The van der Waals surface area contributed by atoms with E-state index in [1.807, 2.05) is 37.3 Å². The maximum Gasteiger partial charge on any atom is 0.409 e. The molecule has 3 rings (SSSR count). The van der Waals surface area contributed by atoms with Crippen molar-refractivity contribution in [3.63, 3.8) is 0 Å². The van der Waals surface area contributed by atoms with Crippen LogP contribution in [0.25, 0.3) is 10.6 Å². The van der Waals surface area contributed by atoms with Gasteiger partial charge in [0.05, 0.1) is 12.8 Å². The van der Waals surface area contributed by atoms with Gasteiger partial charge < -0.3 is 29.6 Å². The summed E-state index contributed by atoms with van der Waals surface area (Å²) in [5.74, 6) is -1.33.